The zero-order chi connectivity index (χ0) is 19.7. The highest BCUT2D eigenvalue weighted by molar-refractivity contribution is 7.88. The van der Waals surface area contributed by atoms with Gasteiger partial charge in [0.2, 0.25) is 15.9 Å². The first-order valence-corrected chi connectivity index (χ1v) is 9.83. The van der Waals surface area contributed by atoms with Crippen LogP contribution in [0.5, 0.6) is 0 Å². The molecule has 144 valence electrons. The van der Waals surface area contributed by atoms with Crippen molar-refractivity contribution in [3.05, 3.63) is 65.2 Å². The predicted octanol–water partition coefficient (Wildman–Crippen LogP) is 2.71. The van der Waals surface area contributed by atoms with Gasteiger partial charge in [-0.3, -0.25) is 4.79 Å². The van der Waals surface area contributed by atoms with Crippen LogP contribution in [0.15, 0.2) is 48.5 Å². The number of rotatable bonds is 5. The fourth-order valence-corrected chi connectivity index (χ4v) is 4.15. The minimum atomic E-state index is -4.65. The molecular weight excluding hydrogens is 381 g/mol. The maximum Gasteiger partial charge on any atom is 0.416 e. The number of alkyl halides is 3. The lowest BCUT2D eigenvalue weighted by Crippen LogP contribution is -2.39. The Kier molecular flexibility index (Phi) is 5.25. The van der Waals surface area contributed by atoms with Gasteiger partial charge in [0.25, 0.3) is 0 Å². The van der Waals surface area contributed by atoms with Crippen LogP contribution < -0.4 is 9.62 Å². The smallest absolute Gasteiger partial charge is 0.311 e. The molecule has 0 fully saturated rings. The number of para-hydroxylation sites is 1. The molecule has 1 aliphatic heterocycles. The summed E-state index contributed by atoms with van der Waals surface area (Å²) in [5, 5.41) is 0. The van der Waals surface area contributed by atoms with Gasteiger partial charge in [-0.15, -0.1) is 0 Å². The van der Waals surface area contributed by atoms with Gasteiger partial charge in [0.1, 0.15) is 0 Å². The highest BCUT2D eigenvalue weighted by atomic mass is 32.2. The van der Waals surface area contributed by atoms with Crippen LogP contribution in [0.4, 0.5) is 18.9 Å². The van der Waals surface area contributed by atoms with Crippen molar-refractivity contribution in [2.45, 2.75) is 18.3 Å². The summed E-state index contributed by atoms with van der Waals surface area (Å²) in [6.07, 6.45) is -3.98. The quantitative estimate of drug-likeness (QED) is 0.842. The molecule has 0 bridgehead atoms. The SMILES string of the molecule is O=C(CNS(=O)(=O)Cc1ccccc1C(F)(F)F)N1CCc2ccccc21. The van der Waals surface area contributed by atoms with Crippen molar-refractivity contribution in [3.8, 4) is 0 Å². The van der Waals surface area contributed by atoms with Gasteiger partial charge in [-0.1, -0.05) is 36.4 Å². The van der Waals surface area contributed by atoms with E-state index in [1.165, 1.54) is 17.0 Å². The van der Waals surface area contributed by atoms with Crippen molar-refractivity contribution in [2.75, 3.05) is 18.0 Å². The van der Waals surface area contributed by atoms with Crippen molar-refractivity contribution < 1.29 is 26.4 Å². The third-order valence-corrected chi connectivity index (χ3v) is 5.58. The number of carbonyl (C=O) groups is 1. The summed E-state index contributed by atoms with van der Waals surface area (Å²) < 4.78 is 65.5. The predicted molar refractivity (Wildman–Crippen MR) is 94.6 cm³/mol. The third-order valence-electron chi connectivity index (χ3n) is 4.30. The maximum absolute atomic E-state index is 13.0. The van der Waals surface area contributed by atoms with Gasteiger partial charge < -0.3 is 4.90 Å². The van der Waals surface area contributed by atoms with Crippen molar-refractivity contribution in [1.82, 2.24) is 4.72 Å². The molecule has 0 atom stereocenters. The molecule has 0 aliphatic carbocycles. The summed E-state index contributed by atoms with van der Waals surface area (Å²) in [7, 11) is -4.12. The summed E-state index contributed by atoms with van der Waals surface area (Å²) in [6, 6.07) is 11.8. The second-order valence-electron chi connectivity index (χ2n) is 6.16. The van der Waals surface area contributed by atoms with Crippen LogP contribution in [0.3, 0.4) is 0 Å². The molecule has 2 aromatic carbocycles. The summed E-state index contributed by atoms with van der Waals surface area (Å²) in [5.41, 5.74) is 0.351. The number of nitrogens with zero attached hydrogens (tertiary/aromatic N) is 1. The van der Waals surface area contributed by atoms with Crippen LogP contribution in [0.25, 0.3) is 0 Å². The molecule has 2 aromatic rings. The average Bonchev–Trinajstić information content (AvgIpc) is 3.03. The normalized spacial score (nSPS) is 14.3. The van der Waals surface area contributed by atoms with E-state index in [1.807, 2.05) is 12.1 Å². The van der Waals surface area contributed by atoms with Crippen LogP contribution in [-0.4, -0.2) is 27.4 Å². The molecule has 5 nitrogen and oxygen atoms in total. The Morgan fingerprint density at radius 2 is 1.74 bits per heavy atom. The lowest BCUT2D eigenvalue weighted by atomic mass is 10.1. The molecule has 0 spiro atoms. The van der Waals surface area contributed by atoms with E-state index in [1.54, 1.807) is 12.1 Å². The Morgan fingerprint density at radius 1 is 1.07 bits per heavy atom. The van der Waals surface area contributed by atoms with E-state index >= 15 is 0 Å². The Balaban J connectivity index is 1.67. The van der Waals surface area contributed by atoms with E-state index in [0.29, 0.717) is 13.0 Å². The summed E-state index contributed by atoms with van der Waals surface area (Å²) >= 11 is 0. The first-order valence-electron chi connectivity index (χ1n) is 8.18. The minimum Gasteiger partial charge on any atom is -0.311 e. The van der Waals surface area contributed by atoms with Gasteiger partial charge in [0.15, 0.2) is 0 Å². The third kappa shape index (κ3) is 4.48. The standard InChI is InChI=1S/C18H17F3N2O3S/c19-18(20,21)15-7-3-1-6-14(15)12-27(25,26)22-11-17(24)23-10-9-13-5-2-4-8-16(13)23/h1-8,22H,9-12H2. The van der Waals surface area contributed by atoms with Gasteiger partial charge in [0, 0.05) is 12.2 Å². The molecule has 27 heavy (non-hydrogen) atoms. The number of nitrogens with one attached hydrogen (secondary N) is 1. The van der Waals surface area contributed by atoms with E-state index in [9.17, 15) is 26.4 Å². The van der Waals surface area contributed by atoms with Gasteiger partial charge in [-0.25, -0.2) is 13.1 Å². The van der Waals surface area contributed by atoms with Crippen LogP contribution in [0.1, 0.15) is 16.7 Å². The number of sulfonamides is 1. The molecule has 1 heterocycles. The molecule has 0 saturated carbocycles. The first kappa shape index (κ1) is 19.4. The number of fused-ring (bicyclic) bond motifs is 1. The average molecular weight is 398 g/mol. The number of hydrogen-bond acceptors (Lipinski definition) is 3. The number of anilines is 1. The Labute approximate surface area is 154 Å². The highest BCUT2D eigenvalue weighted by Gasteiger charge is 2.34. The fraction of sp³-hybridized carbons (Fsp3) is 0.278. The molecule has 0 unspecified atom stereocenters. The van der Waals surface area contributed by atoms with Crippen LogP contribution in [0.2, 0.25) is 0 Å². The molecule has 1 N–H and O–H groups in total. The van der Waals surface area contributed by atoms with Crippen LogP contribution in [0, 0.1) is 0 Å². The van der Waals surface area contributed by atoms with Crippen LogP contribution >= 0.6 is 0 Å². The molecule has 9 heteroatoms. The summed E-state index contributed by atoms with van der Waals surface area (Å²) in [4.78, 5) is 13.8. The number of benzene rings is 2. The molecule has 1 amide bonds. The molecule has 0 saturated heterocycles. The summed E-state index contributed by atoms with van der Waals surface area (Å²) in [6.45, 7) is -0.0678. The number of halogens is 3. The molecular formula is C18H17F3N2O3S. The Morgan fingerprint density at radius 3 is 2.48 bits per heavy atom. The monoisotopic (exact) mass is 398 g/mol. The van der Waals surface area contributed by atoms with Gasteiger partial charge in [0.05, 0.1) is 17.9 Å². The molecule has 3 rings (SSSR count). The number of carbonyl (C=O) groups excluding carboxylic acids is 1. The zero-order valence-corrected chi connectivity index (χ0v) is 15.0. The molecule has 0 aromatic heterocycles. The van der Waals surface area contributed by atoms with E-state index < -0.39 is 40.0 Å². The van der Waals surface area contributed by atoms with E-state index in [-0.39, 0.29) is 5.56 Å². The van der Waals surface area contributed by atoms with E-state index in [2.05, 4.69) is 4.72 Å². The lowest BCUT2D eigenvalue weighted by Gasteiger charge is -2.18. The fourth-order valence-electron chi connectivity index (χ4n) is 3.04. The second-order valence-corrected chi connectivity index (χ2v) is 7.97. The highest BCUT2D eigenvalue weighted by Crippen LogP contribution is 2.32. The summed E-state index contributed by atoms with van der Waals surface area (Å²) in [5.74, 6) is -1.31. The van der Waals surface area contributed by atoms with Gasteiger partial charge >= 0.3 is 6.18 Å². The van der Waals surface area contributed by atoms with Crippen molar-refractivity contribution in [2.24, 2.45) is 0 Å². The second kappa shape index (κ2) is 7.32. The number of hydrogen-bond donors (Lipinski definition) is 1. The van der Waals surface area contributed by atoms with Crippen molar-refractivity contribution in [1.29, 1.82) is 0 Å². The first-order chi connectivity index (χ1) is 12.7. The lowest BCUT2D eigenvalue weighted by molar-refractivity contribution is -0.138. The van der Waals surface area contributed by atoms with E-state index in [4.69, 9.17) is 0 Å². The van der Waals surface area contributed by atoms with Gasteiger partial charge in [-0.2, -0.15) is 13.2 Å². The minimum absolute atomic E-state index is 0.364. The maximum atomic E-state index is 13.0. The van der Waals surface area contributed by atoms with Gasteiger partial charge in [-0.05, 0) is 29.7 Å². The zero-order valence-electron chi connectivity index (χ0n) is 14.2. The largest absolute Gasteiger partial charge is 0.416 e. The molecule has 0 radical (unpaired) electrons. The molecule has 1 aliphatic rings. The van der Waals surface area contributed by atoms with Crippen molar-refractivity contribution in [3.63, 3.8) is 0 Å². The Bertz CT molecular complexity index is 958. The van der Waals surface area contributed by atoms with E-state index in [0.717, 1.165) is 23.4 Å². The topological polar surface area (TPSA) is 66.5 Å². The van der Waals surface area contributed by atoms with Crippen molar-refractivity contribution >= 4 is 21.6 Å². The Hall–Kier alpha value is -2.39. The van der Waals surface area contributed by atoms with Crippen LogP contribution in [-0.2, 0) is 33.2 Å². The number of amides is 1.